The van der Waals surface area contributed by atoms with Crippen molar-refractivity contribution in [3.63, 3.8) is 0 Å². The maximum Gasteiger partial charge on any atom is 0.387 e. The number of nitrogens with zero attached hydrogens (tertiary/aromatic N) is 2. The molecule has 0 aliphatic carbocycles. The molecule has 0 atom stereocenters. The highest BCUT2D eigenvalue weighted by atomic mass is 19.3. The van der Waals surface area contributed by atoms with E-state index >= 15 is 0 Å². The Morgan fingerprint density at radius 1 is 1.03 bits per heavy atom. The molecular weight excluding hydrogens is 418 g/mol. The van der Waals surface area contributed by atoms with Crippen molar-refractivity contribution in [3.05, 3.63) is 75.2 Å². The van der Waals surface area contributed by atoms with E-state index in [0.717, 1.165) is 18.2 Å². The molecule has 3 rings (SSSR count). The first-order chi connectivity index (χ1) is 14.7. The minimum atomic E-state index is -2.96. The van der Waals surface area contributed by atoms with E-state index in [-0.39, 0.29) is 24.0 Å². The maximum absolute atomic E-state index is 13.6. The van der Waals surface area contributed by atoms with Crippen molar-refractivity contribution < 1.29 is 27.0 Å². The molecule has 0 spiro atoms. The fourth-order valence-electron chi connectivity index (χ4n) is 3.00. The average molecular weight is 437 g/mol. The van der Waals surface area contributed by atoms with E-state index in [4.69, 9.17) is 4.74 Å². The largest absolute Gasteiger partial charge is 0.490 e. The zero-order valence-electron chi connectivity index (χ0n) is 16.9. The molecule has 0 aliphatic heterocycles. The molecule has 1 heterocycles. The molecule has 6 nitrogen and oxygen atoms in total. The molecule has 0 saturated heterocycles. The second-order valence-corrected chi connectivity index (χ2v) is 6.78. The second kappa shape index (κ2) is 9.07. The lowest BCUT2D eigenvalue weighted by atomic mass is 10.1. The molecular formula is C21H19F4N3O3. The normalized spacial score (nSPS) is 11.0. The summed E-state index contributed by atoms with van der Waals surface area (Å²) in [6.07, 6.45) is 1.36. The molecule has 0 radical (unpaired) electrons. The molecule has 1 aromatic heterocycles. The summed E-state index contributed by atoms with van der Waals surface area (Å²) < 4.78 is 63.3. The Balaban J connectivity index is 2.01. The van der Waals surface area contributed by atoms with Gasteiger partial charge in [-0.3, -0.25) is 4.79 Å². The fraction of sp³-hybridized carbons (Fsp3) is 0.238. The fourth-order valence-corrected chi connectivity index (χ4v) is 3.00. The van der Waals surface area contributed by atoms with Crippen molar-refractivity contribution in [1.29, 1.82) is 0 Å². The van der Waals surface area contributed by atoms with Gasteiger partial charge in [-0.25, -0.2) is 8.78 Å². The molecule has 164 valence electrons. The van der Waals surface area contributed by atoms with Gasteiger partial charge in [0.1, 0.15) is 17.4 Å². The maximum atomic E-state index is 13.6. The van der Waals surface area contributed by atoms with Crippen LogP contribution in [-0.4, -0.2) is 23.3 Å². The molecule has 0 unspecified atom stereocenters. The van der Waals surface area contributed by atoms with Gasteiger partial charge in [0.2, 0.25) is 11.7 Å². The first-order valence-electron chi connectivity index (χ1n) is 9.09. The van der Waals surface area contributed by atoms with Gasteiger partial charge in [-0.2, -0.15) is 13.8 Å². The third kappa shape index (κ3) is 5.33. The minimum Gasteiger partial charge on any atom is -0.490 e. The number of aromatic nitrogens is 2. The molecule has 0 amide bonds. The number of rotatable bonds is 7. The predicted octanol–water partition coefficient (Wildman–Crippen LogP) is 4.54. The van der Waals surface area contributed by atoms with Crippen LogP contribution in [0.15, 0.2) is 41.3 Å². The Morgan fingerprint density at radius 3 is 2.32 bits per heavy atom. The Hall–Kier alpha value is -3.56. The Bertz CT molecular complexity index is 1150. The van der Waals surface area contributed by atoms with E-state index in [0.29, 0.717) is 22.4 Å². The monoisotopic (exact) mass is 437 g/mol. The number of hydrogen-bond acceptors (Lipinski definition) is 5. The summed E-state index contributed by atoms with van der Waals surface area (Å²) in [5, 5.41) is 2.97. The average Bonchev–Trinajstić information content (AvgIpc) is 2.66. The predicted molar refractivity (Wildman–Crippen MR) is 106 cm³/mol. The summed E-state index contributed by atoms with van der Waals surface area (Å²) in [6.45, 7) is 0.267. The molecule has 31 heavy (non-hydrogen) atoms. The molecule has 0 aliphatic rings. The number of benzene rings is 2. The van der Waals surface area contributed by atoms with Crippen molar-refractivity contribution in [1.82, 2.24) is 9.55 Å². The van der Waals surface area contributed by atoms with Gasteiger partial charge < -0.3 is 19.4 Å². The number of aryl methyl sites for hydroxylation is 2. The third-order valence-corrected chi connectivity index (χ3v) is 4.44. The van der Waals surface area contributed by atoms with Crippen LogP contribution in [0.1, 0.15) is 16.7 Å². The SMILES string of the molecule is COc1cn(Cc2cc(F)cc(F)c2)c(Nc2cc(C)c(OC(F)F)cc2C)nc1=O. The van der Waals surface area contributed by atoms with Crippen LogP contribution < -0.4 is 20.3 Å². The number of ether oxygens (including phenoxy) is 2. The first kappa shape index (κ1) is 22.1. The van der Waals surface area contributed by atoms with Crippen molar-refractivity contribution in [2.24, 2.45) is 0 Å². The highest BCUT2D eigenvalue weighted by Gasteiger charge is 2.14. The van der Waals surface area contributed by atoms with Gasteiger partial charge in [-0.15, -0.1) is 0 Å². The van der Waals surface area contributed by atoms with Crippen LogP contribution in [-0.2, 0) is 6.54 Å². The van der Waals surface area contributed by atoms with Crippen LogP contribution in [0, 0.1) is 25.5 Å². The lowest BCUT2D eigenvalue weighted by Crippen LogP contribution is -2.19. The lowest BCUT2D eigenvalue weighted by Gasteiger charge is -2.18. The van der Waals surface area contributed by atoms with E-state index < -0.39 is 23.8 Å². The molecule has 10 heteroatoms. The molecule has 0 saturated carbocycles. The highest BCUT2D eigenvalue weighted by Crippen LogP contribution is 2.29. The van der Waals surface area contributed by atoms with E-state index in [1.807, 2.05) is 0 Å². The zero-order chi connectivity index (χ0) is 22.7. The lowest BCUT2D eigenvalue weighted by molar-refractivity contribution is -0.0503. The summed E-state index contributed by atoms with van der Waals surface area (Å²) in [6, 6.07) is 6.06. The van der Waals surface area contributed by atoms with Crippen molar-refractivity contribution in [3.8, 4) is 11.5 Å². The highest BCUT2D eigenvalue weighted by molar-refractivity contribution is 5.62. The van der Waals surface area contributed by atoms with Crippen molar-refractivity contribution >= 4 is 11.6 Å². The number of halogens is 4. The quantitative estimate of drug-likeness (QED) is 0.550. The van der Waals surface area contributed by atoms with Crippen molar-refractivity contribution in [2.75, 3.05) is 12.4 Å². The van der Waals surface area contributed by atoms with Gasteiger partial charge in [-0.05, 0) is 54.8 Å². The Morgan fingerprint density at radius 2 is 1.71 bits per heavy atom. The van der Waals surface area contributed by atoms with E-state index in [9.17, 15) is 22.4 Å². The van der Waals surface area contributed by atoms with Gasteiger partial charge in [0.15, 0.2) is 0 Å². The standard InChI is InChI=1S/C21H19F4N3O3/c1-11-5-17(31-20(24)25)12(2)4-16(11)26-21-27-19(29)18(30-3)10-28(21)9-13-6-14(22)8-15(23)7-13/h4-8,10,20H,9H2,1-3H3,(H,26,27,29). The van der Waals surface area contributed by atoms with Crippen LogP contribution in [0.2, 0.25) is 0 Å². The summed E-state index contributed by atoms with van der Waals surface area (Å²) in [4.78, 5) is 16.1. The molecule has 1 N–H and O–H groups in total. The summed E-state index contributed by atoms with van der Waals surface area (Å²) in [5.74, 6) is -1.46. The number of methoxy groups -OCH3 is 1. The Labute approximate surface area is 175 Å². The van der Waals surface area contributed by atoms with Gasteiger partial charge in [0.25, 0.3) is 0 Å². The molecule has 0 fully saturated rings. The molecule has 2 aromatic carbocycles. The van der Waals surface area contributed by atoms with Crippen LogP contribution in [0.3, 0.4) is 0 Å². The van der Waals surface area contributed by atoms with E-state index in [2.05, 4.69) is 15.0 Å². The van der Waals surface area contributed by atoms with Gasteiger partial charge in [-0.1, -0.05) is 0 Å². The smallest absolute Gasteiger partial charge is 0.387 e. The van der Waals surface area contributed by atoms with Gasteiger partial charge in [0.05, 0.1) is 19.9 Å². The topological polar surface area (TPSA) is 65.4 Å². The van der Waals surface area contributed by atoms with E-state index in [1.165, 1.54) is 23.9 Å². The van der Waals surface area contributed by atoms with Crippen molar-refractivity contribution in [2.45, 2.75) is 27.0 Å². The zero-order valence-corrected chi connectivity index (χ0v) is 16.9. The van der Waals surface area contributed by atoms with Crippen LogP contribution in [0.25, 0.3) is 0 Å². The summed E-state index contributed by atoms with van der Waals surface area (Å²) in [5.41, 5.74) is 1.10. The van der Waals surface area contributed by atoms with Gasteiger partial charge >= 0.3 is 12.2 Å². The van der Waals surface area contributed by atoms with Crippen LogP contribution in [0.4, 0.5) is 29.2 Å². The third-order valence-electron chi connectivity index (χ3n) is 4.44. The number of anilines is 2. The van der Waals surface area contributed by atoms with Crippen LogP contribution in [0.5, 0.6) is 11.5 Å². The minimum absolute atomic E-state index is 0.0216. The Kier molecular flexibility index (Phi) is 6.47. The molecule has 3 aromatic rings. The van der Waals surface area contributed by atoms with Gasteiger partial charge in [0, 0.05) is 11.8 Å². The number of nitrogens with one attached hydrogen (secondary N) is 1. The van der Waals surface area contributed by atoms with E-state index in [1.54, 1.807) is 19.9 Å². The summed E-state index contributed by atoms with van der Waals surface area (Å²) in [7, 11) is 1.30. The summed E-state index contributed by atoms with van der Waals surface area (Å²) >= 11 is 0. The second-order valence-electron chi connectivity index (χ2n) is 6.78. The van der Waals surface area contributed by atoms with Crippen LogP contribution >= 0.6 is 0 Å². The number of hydrogen-bond donors (Lipinski definition) is 1. The first-order valence-corrected chi connectivity index (χ1v) is 9.09. The number of alkyl halides is 2. The molecule has 0 bridgehead atoms.